The summed E-state index contributed by atoms with van der Waals surface area (Å²) in [5.74, 6) is 0.148. The Labute approximate surface area is 229 Å². The summed E-state index contributed by atoms with van der Waals surface area (Å²) in [5.41, 5.74) is 3.52. The normalized spacial score (nSPS) is 16.1. The lowest BCUT2D eigenvalue weighted by Gasteiger charge is -2.36. The first-order valence-electron chi connectivity index (χ1n) is 12.2. The van der Waals surface area contributed by atoms with E-state index in [9.17, 15) is 9.90 Å². The van der Waals surface area contributed by atoms with Crippen LogP contribution in [0.15, 0.2) is 73.3 Å². The molecule has 2 atom stereocenters. The van der Waals surface area contributed by atoms with Crippen LogP contribution >= 0.6 is 11.6 Å². The van der Waals surface area contributed by atoms with Crippen molar-refractivity contribution in [2.24, 2.45) is 7.05 Å². The van der Waals surface area contributed by atoms with Gasteiger partial charge in [-0.3, -0.25) is 14.0 Å². The molecule has 0 aliphatic carbocycles. The summed E-state index contributed by atoms with van der Waals surface area (Å²) in [7, 11) is 4.95. The minimum absolute atomic E-state index is 0.300. The van der Waals surface area contributed by atoms with Crippen LogP contribution in [0.3, 0.4) is 0 Å². The number of methoxy groups -OCH3 is 2. The highest BCUT2D eigenvalue weighted by Gasteiger charge is 2.33. The number of rotatable bonds is 9. The summed E-state index contributed by atoms with van der Waals surface area (Å²) in [5, 5.41) is 27.8. The average Bonchev–Trinajstić information content (AvgIpc) is 3.58. The smallest absolute Gasteiger partial charge is 0.247 e. The number of aromatic nitrogens is 5. The second kappa shape index (κ2) is 11.3. The third kappa shape index (κ3) is 5.51. The van der Waals surface area contributed by atoms with Crippen molar-refractivity contribution in [1.82, 2.24) is 29.4 Å². The Kier molecular flexibility index (Phi) is 7.64. The van der Waals surface area contributed by atoms with Gasteiger partial charge in [0.2, 0.25) is 5.91 Å². The zero-order valence-corrected chi connectivity index (χ0v) is 22.4. The zero-order chi connectivity index (χ0) is 27.5. The molecule has 1 amide bonds. The molecule has 0 radical (unpaired) electrons. The van der Waals surface area contributed by atoms with Crippen molar-refractivity contribution < 1.29 is 19.4 Å². The summed E-state index contributed by atoms with van der Waals surface area (Å²) in [6.45, 7) is 0.307. The summed E-state index contributed by atoms with van der Waals surface area (Å²) < 4.78 is 14.5. The van der Waals surface area contributed by atoms with Crippen LogP contribution in [0.25, 0.3) is 22.2 Å². The fourth-order valence-corrected chi connectivity index (χ4v) is 4.80. The number of benzene rings is 2. The van der Waals surface area contributed by atoms with Gasteiger partial charge in [-0.05, 0) is 42.5 Å². The van der Waals surface area contributed by atoms with E-state index in [1.54, 1.807) is 64.4 Å². The molecule has 5 rings (SSSR count). The molecule has 0 bridgehead atoms. The van der Waals surface area contributed by atoms with E-state index < -0.39 is 12.3 Å². The fraction of sp³-hybridized carbons (Fsp3) is 0.259. The average molecular weight is 550 g/mol. The first-order chi connectivity index (χ1) is 18.9. The molecule has 2 N–H and O–H groups in total. The Bertz CT molecular complexity index is 1550. The van der Waals surface area contributed by atoms with Crippen molar-refractivity contribution in [2.75, 3.05) is 26.1 Å². The number of hydrogen-bond acceptors (Lipinski definition) is 8. The van der Waals surface area contributed by atoms with Gasteiger partial charge in [-0.2, -0.15) is 5.10 Å². The fourth-order valence-electron chi connectivity index (χ4n) is 4.63. The number of halogens is 1. The number of aliphatic hydroxyl groups is 1. The van der Waals surface area contributed by atoms with E-state index in [1.807, 2.05) is 31.4 Å². The van der Waals surface area contributed by atoms with Gasteiger partial charge in [-0.25, -0.2) is 0 Å². The van der Waals surface area contributed by atoms with E-state index in [-0.39, 0.29) is 5.91 Å². The lowest BCUT2D eigenvalue weighted by Crippen LogP contribution is -2.47. The van der Waals surface area contributed by atoms with Gasteiger partial charge in [0.05, 0.1) is 18.3 Å². The van der Waals surface area contributed by atoms with Crippen molar-refractivity contribution in [1.29, 1.82) is 0 Å². The van der Waals surface area contributed by atoms with Crippen molar-refractivity contribution in [3.8, 4) is 5.69 Å². The van der Waals surface area contributed by atoms with Gasteiger partial charge in [0.15, 0.2) is 0 Å². The lowest BCUT2D eigenvalue weighted by molar-refractivity contribution is -0.123. The largest absolute Gasteiger partial charge is 0.495 e. The first-order valence-corrected chi connectivity index (χ1v) is 12.6. The first kappa shape index (κ1) is 26.4. The number of amides is 1. The minimum atomic E-state index is -1.14. The number of carbonyl (C=O) groups excluding carboxylic acids is 1. The maximum Gasteiger partial charge on any atom is 0.247 e. The Morgan fingerprint density at radius 1 is 1.18 bits per heavy atom. The summed E-state index contributed by atoms with van der Waals surface area (Å²) in [6, 6.07) is 10.1. The van der Waals surface area contributed by atoms with Gasteiger partial charge in [0.25, 0.3) is 0 Å². The van der Waals surface area contributed by atoms with E-state index in [0.717, 1.165) is 16.6 Å². The molecule has 3 heterocycles. The molecule has 202 valence electrons. The van der Waals surface area contributed by atoms with Crippen molar-refractivity contribution in [3.63, 3.8) is 0 Å². The number of hydrogen-bond donors (Lipinski definition) is 2. The van der Waals surface area contributed by atoms with Crippen molar-refractivity contribution >= 4 is 39.7 Å². The number of nitrogens with one attached hydrogen (secondary N) is 1. The second-order valence-electron chi connectivity index (χ2n) is 9.03. The number of anilines is 1. The number of aryl methyl sites for hydroxylation is 1. The van der Waals surface area contributed by atoms with Crippen LogP contribution in [-0.4, -0.2) is 73.6 Å². The maximum absolute atomic E-state index is 13.5. The Morgan fingerprint density at radius 3 is 2.72 bits per heavy atom. The minimum Gasteiger partial charge on any atom is -0.495 e. The molecule has 11 nitrogen and oxygen atoms in total. The Morgan fingerprint density at radius 2 is 1.97 bits per heavy atom. The number of carbonyl (C=O) groups is 1. The molecular formula is C27H28ClN7O4. The third-order valence-corrected chi connectivity index (χ3v) is 6.70. The van der Waals surface area contributed by atoms with Crippen LogP contribution in [-0.2, 0) is 21.3 Å². The highest BCUT2D eigenvalue weighted by Crippen LogP contribution is 2.35. The SMILES string of the molecule is COCCC(C(=O)Nc1ccc2nn(C)cc2c1)N1C=C(OC)C(c2cc(Cl)ccc2-n2cnnc2)=CC1O. The van der Waals surface area contributed by atoms with Crippen LogP contribution in [0.4, 0.5) is 5.69 Å². The van der Waals surface area contributed by atoms with Crippen molar-refractivity contribution in [3.05, 3.63) is 83.9 Å². The molecule has 1 aliphatic heterocycles. The molecule has 2 unspecified atom stereocenters. The summed E-state index contributed by atoms with van der Waals surface area (Å²) >= 11 is 6.34. The monoisotopic (exact) mass is 549 g/mol. The maximum atomic E-state index is 13.5. The lowest BCUT2D eigenvalue weighted by atomic mass is 9.98. The predicted octanol–water partition coefficient (Wildman–Crippen LogP) is 3.36. The van der Waals surface area contributed by atoms with Crippen LogP contribution in [0.1, 0.15) is 12.0 Å². The van der Waals surface area contributed by atoms with Gasteiger partial charge >= 0.3 is 0 Å². The number of fused-ring (bicyclic) bond motifs is 1. The van der Waals surface area contributed by atoms with Crippen LogP contribution in [0, 0.1) is 0 Å². The zero-order valence-electron chi connectivity index (χ0n) is 21.7. The van der Waals surface area contributed by atoms with Crippen molar-refractivity contribution in [2.45, 2.75) is 18.7 Å². The summed E-state index contributed by atoms with van der Waals surface area (Å²) in [4.78, 5) is 15.1. The van der Waals surface area contributed by atoms with Gasteiger partial charge in [0, 0.05) is 66.8 Å². The highest BCUT2D eigenvalue weighted by molar-refractivity contribution is 6.30. The molecule has 0 saturated heterocycles. The highest BCUT2D eigenvalue weighted by atomic mass is 35.5. The molecule has 0 fully saturated rings. The van der Waals surface area contributed by atoms with Gasteiger partial charge < -0.3 is 24.8 Å². The number of allylic oxidation sites excluding steroid dienone is 1. The molecule has 12 heteroatoms. The van der Waals surface area contributed by atoms with Gasteiger partial charge in [-0.1, -0.05) is 11.6 Å². The molecule has 0 saturated carbocycles. The molecule has 2 aromatic carbocycles. The van der Waals surface area contributed by atoms with Crippen LogP contribution in [0.2, 0.25) is 5.02 Å². The summed E-state index contributed by atoms with van der Waals surface area (Å²) in [6.07, 6.45) is 7.49. The molecule has 4 aromatic rings. The Balaban J connectivity index is 1.46. The number of ether oxygens (including phenoxy) is 2. The van der Waals surface area contributed by atoms with E-state index in [1.165, 1.54) is 7.11 Å². The molecule has 0 spiro atoms. The topological polar surface area (TPSA) is 120 Å². The second-order valence-corrected chi connectivity index (χ2v) is 9.47. The van der Waals surface area contributed by atoms with E-state index in [2.05, 4.69) is 20.6 Å². The van der Waals surface area contributed by atoms with E-state index >= 15 is 0 Å². The van der Waals surface area contributed by atoms with E-state index in [0.29, 0.717) is 40.6 Å². The van der Waals surface area contributed by atoms with Gasteiger partial charge in [-0.15, -0.1) is 10.2 Å². The van der Waals surface area contributed by atoms with Gasteiger partial charge in [0.1, 0.15) is 30.7 Å². The predicted molar refractivity (Wildman–Crippen MR) is 147 cm³/mol. The molecule has 1 aliphatic rings. The van der Waals surface area contributed by atoms with Crippen LogP contribution < -0.4 is 5.32 Å². The molecule has 39 heavy (non-hydrogen) atoms. The van der Waals surface area contributed by atoms with Crippen LogP contribution in [0.5, 0.6) is 0 Å². The molecular weight excluding hydrogens is 522 g/mol. The third-order valence-electron chi connectivity index (χ3n) is 6.46. The standard InChI is InChI=1S/C27H28ClN7O4/c1-33-13-17-10-19(5-6-22(17)32-33)31-27(37)24(8-9-38-2)35-14-25(39-3)21(12-26(35)36)20-11-18(28)4-7-23(20)34-15-29-30-16-34/h4-7,10-16,24,26,36H,8-9H2,1-3H3,(H,31,37). The molecule has 2 aromatic heterocycles. The Hall–Kier alpha value is -4.19. The number of nitrogens with zero attached hydrogens (tertiary/aromatic N) is 6. The van der Waals surface area contributed by atoms with E-state index in [4.69, 9.17) is 21.1 Å². The quantitative estimate of drug-likeness (QED) is 0.326. The number of aliphatic hydroxyl groups excluding tert-OH is 1.